The largest absolute Gasteiger partial charge is 0.283 e. The van der Waals surface area contributed by atoms with Crippen molar-refractivity contribution in [3.63, 3.8) is 0 Å². The van der Waals surface area contributed by atoms with E-state index in [1.54, 1.807) is 24.3 Å². The van der Waals surface area contributed by atoms with Gasteiger partial charge in [-0.1, -0.05) is 66.2 Å². The quantitative estimate of drug-likeness (QED) is 0.556. The molecule has 0 aliphatic carbocycles. The summed E-state index contributed by atoms with van der Waals surface area (Å²) in [6, 6.07) is 23.7. The van der Waals surface area contributed by atoms with Crippen molar-refractivity contribution in [1.29, 1.82) is 0 Å². The van der Waals surface area contributed by atoms with Crippen LogP contribution in [0.15, 0.2) is 83.8 Å². The summed E-state index contributed by atoms with van der Waals surface area (Å²) in [6.07, 6.45) is 0. The number of aryl methyl sites for hydroxylation is 1. The SMILES string of the molecule is Cc1ccc(S(=O)(=O)n2nc3ccccc3c2-c2ccccc2)cc1. The molecule has 1 heterocycles. The number of hydrogen-bond acceptors (Lipinski definition) is 3. The maximum atomic E-state index is 13.2. The van der Waals surface area contributed by atoms with Gasteiger partial charge in [-0.2, -0.15) is 17.6 Å². The van der Waals surface area contributed by atoms with E-state index in [-0.39, 0.29) is 4.90 Å². The van der Waals surface area contributed by atoms with Gasteiger partial charge >= 0.3 is 0 Å². The second-order valence-corrected chi connectivity index (χ2v) is 7.66. The van der Waals surface area contributed by atoms with Crippen molar-refractivity contribution in [2.45, 2.75) is 11.8 Å². The molecule has 4 rings (SSSR count). The summed E-state index contributed by atoms with van der Waals surface area (Å²) in [6.45, 7) is 1.92. The zero-order valence-electron chi connectivity index (χ0n) is 13.6. The lowest BCUT2D eigenvalue weighted by Gasteiger charge is -2.09. The van der Waals surface area contributed by atoms with E-state index in [1.807, 2.05) is 61.5 Å². The second-order valence-electron chi connectivity index (χ2n) is 5.89. The molecule has 0 aliphatic rings. The molecule has 4 nitrogen and oxygen atoms in total. The van der Waals surface area contributed by atoms with Crippen LogP contribution in [0.25, 0.3) is 22.2 Å². The molecule has 0 unspecified atom stereocenters. The highest BCUT2D eigenvalue weighted by Gasteiger charge is 2.24. The fraction of sp³-hybridized carbons (Fsp3) is 0.0500. The third-order valence-corrected chi connectivity index (χ3v) is 5.73. The van der Waals surface area contributed by atoms with Crippen LogP contribution in [-0.2, 0) is 10.0 Å². The van der Waals surface area contributed by atoms with E-state index in [2.05, 4.69) is 5.10 Å². The molecule has 124 valence electrons. The normalized spacial score (nSPS) is 11.7. The third-order valence-electron chi connectivity index (χ3n) is 4.14. The lowest BCUT2D eigenvalue weighted by Crippen LogP contribution is -2.15. The molecular formula is C20H16N2O2S. The van der Waals surface area contributed by atoms with Crippen molar-refractivity contribution in [3.8, 4) is 11.3 Å². The van der Waals surface area contributed by atoms with E-state index < -0.39 is 10.0 Å². The first kappa shape index (κ1) is 15.6. The van der Waals surface area contributed by atoms with Gasteiger partial charge in [-0.25, -0.2) is 0 Å². The van der Waals surface area contributed by atoms with Crippen LogP contribution < -0.4 is 0 Å². The Kier molecular flexibility index (Phi) is 3.66. The molecule has 25 heavy (non-hydrogen) atoms. The number of fused-ring (bicyclic) bond motifs is 1. The molecule has 0 bridgehead atoms. The predicted molar refractivity (Wildman–Crippen MR) is 98.9 cm³/mol. The fourth-order valence-corrected chi connectivity index (χ4v) is 4.18. The average Bonchev–Trinajstić information content (AvgIpc) is 3.03. The van der Waals surface area contributed by atoms with Gasteiger partial charge in [0.15, 0.2) is 0 Å². The number of rotatable bonds is 3. The zero-order valence-corrected chi connectivity index (χ0v) is 14.4. The van der Waals surface area contributed by atoms with E-state index in [0.29, 0.717) is 11.2 Å². The maximum Gasteiger partial charge on any atom is 0.283 e. The third kappa shape index (κ3) is 2.62. The molecular weight excluding hydrogens is 332 g/mol. The van der Waals surface area contributed by atoms with Gasteiger partial charge in [0.1, 0.15) is 0 Å². The van der Waals surface area contributed by atoms with Crippen molar-refractivity contribution in [3.05, 3.63) is 84.4 Å². The Morgan fingerprint density at radius 1 is 0.800 bits per heavy atom. The van der Waals surface area contributed by atoms with Crippen molar-refractivity contribution in [1.82, 2.24) is 9.19 Å². The second kappa shape index (κ2) is 5.86. The Morgan fingerprint density at radius 3 is 2.16 bits per heavy atom. The van der Waals surface area contributed by atoms with Crippen LogP contribution >= 0.6 is 0 Å². The van der Waals surface area contributed by atoms with Gasteiger partial charge in [-0.05, 0) is 25.1 Å². The Morgan fingerprint density at radius 2 is 1.44 bits per heavy atom. The van der Waals surface area contributed by atoms with Crippen molar-refractivity contribution in [2.75, 3.05) is 0 Å². The molecule has 4 aromatic rings. The molecule has 0 saturated heterocycles. The van der Waals surface area contributed by atoms with Crippen LogP contribution in [-0.4, -0.2) is 17.6 Å². The number of nitrogens with zero attached hydrogens (tertiary/aromatic N) is 2. The minimum atomic E-state index is -3.79. The Balaban J connectivity index is 2.03. The summed E-state index contributed by atoms with van der Waals surface area (Å²) in [5.41, 5.74) is 3.05. The first-order valence-corrected chi connectivity index (χ1v) is 9.37. The first-order chi connectivity index (χ1) is 12.1. The van der Waals surface area contributed by atoms with Gasteiger partial charge in [0.05, 0.1) is 16.1 Å². The van der Waals surface area contributed by atoms with E-state index in [4.69, 9.17) is 0 Å². The number of aromatic nitrogens is 2. The van der Waals surface area contributed by atoms with Gasteiger partial charge in [0, 0.05) is 10.9 Å². The summed E-state index contributed by atoms with van der Waals surface area (Å²) in [4.78, 5) is 0.225. The lowest BCUT2D eigenvalue weighted by atomic mass is 10.1. The van der Waals surface area contributed by atoms with E-state index in [1.165, 1.54) is 0 Å². The first-order valence-electron chi connectivity index (χ1n) is 7.93. The van der Waals surface area contributed by atoms with Gasteiger partial charge in [0.2, 0.25) is 0 Å². The van der Waals surface area contributed by atoms with Crippen LogP contribution in [0.3, 0.4) is 0 Å². The molecule has 0 atom stereocenters. The number of benzene rings is 3. The molecule has 0 spiro atoms. The van der Waals surface area contributed by atoms with E-state index in [9.17, 15) is 8.42 Å². The van der Waals surface area contributed by atoms with Gasteiger partial charge in [-0.3, -0.25) is 0 Å². The zero-order chi connectivity index (χ0) is 17.4. The van der Waals surface area contributed by atoms with Gasteiger partial charge in [-0.15, -0.1) is 0 Å². The maximum absolute atomic E-state index is 13.2. The summed E-state index contributed by atoms with van der Waals surface area (Å²) >= 11 is 0. The molecule has 0 aliphatic heterocycles. The predicted octanol–water partition coefficient (Wildman–Crippen LogP) is 4.25. The minimum absolute atomic E-state index is 0.225. The Bertz CT molecular complexity index is 1150. The molecule has 3 aromatic carbocycles. The van der Waals surface area contributed by atoms with Gasteiger partial charge < -0.3 is 0 Å². The monoisotopic (exact) mass is 348 g/mol. The Hall–Kier alpha value is -2.92. The van der Waals surface area contributed by atoms with E-state index in [0.717, 1.165) is 20.6 Å². The highest BCUT2D eigenvalue weighted by Crippen LogP contribution is 2.31. The summed E-state index contributed by atoms with van der Waals surface area (Å²) in [7, 11) is -3.79. The highest BCUT2D eigenvalue weighted by atomic mass is 32.2. The Labute approximate surface area is 146 Å². The molecule has 0 radical (unpaired) electrons. The van der Waals surface area contributed by atoms with Crippen LogP contribution in [0.1, 0.15) is 5.56 Å². The molecule has 0 amide bonds. The molecule has 1 aromatic heterocycles. The van der Waals surface area contributed by atoms with Crippen molar-refractivity contribution in [2.24, 2.45) is 0 Å². The van der Waals surface area contributed by atoms with Crippen LogP contribution in [0.4, 0.5) is 0 Å². The fourth-order valence-electron chi connectivity index (χ4n) is 2.86. The summed E-state index contributed by atoms with van der Waals surface area (Å²) in [5.74, 6) is 0. The van der Waals surface area contributed by atoms with Crippen LogP contribution in [0.5, 0.6) is 0 Å². The van der Waals surface area contributed by atoms with Crippen molar-refractivity contribution < 1.29 is 8.42 Å². The number of hydrogen-bond donors (Lipinski definition) is 0. The average molecular weight is 348 g/mol. The highest BCUT2D eigenvalue weighted by molar-refractivity contribution is 7.90. The van der Waals surface area contributed by atoms with Crippen LogP contribution in [0.2, 0.25) is 0 Å². The standard InChI is InChI=1S/C20H16N2O2S/c1-15-11-13-17(14-12-15)25(23,24)22-20(16-7-3-2-4-8-16)18-9-5-6-10-19(18)21-22/h2-14H,1H3. The smallest absolute Gasteiger partial charge is 0.199 e. The van der Waals surface area contributed by atoms with Crippen LogP contribution in [0, 0.1) is 6.92 Å². The topological polar surface area (TPSA) is 52.0 Å². The lowest BCUT2D eigenvalue weighted by molar-refractivity contribution is 0.581. The van der Waals surface area contributed by atoms with E-state index >= 15 is 0 Å². The van der Waals surface area contributed by atoms with Gasteiger partial charge in [0.25, 0.3) is 10.0 Å². The van der Waals surface area contributed by atoms with Crippen molar-refractivity contribution >= 4 is 20.9 Å². The summed E-state index contributed by atoms with van der Waals surface area (Å²) in [5, 5.41) is 5.20. The minimum Gasteiger partial charge on any atom is -0.199 e. The molecule has 5 heteroatoms. The molecule has 0 fully saturated rings. The molecule has 0 N–H and O–H groups in total. The molecule has 0 saturated carbocycles. The summed E-state index contributed by atoms with van der Waals surface area (Å²) < 4.78 is 27.6.